The van der Waals surface area contributed by atoms with Crippen LogP contribution in [0.4, 0.5) is 10.2 Å². The first-order chi connectivity index (χ1) is 11.2. The minimum atomic E-state index is -0.423. The summed E-state index contributed by atoms with van der Waals surface area (Å²) in [6.45, 7) is 0. The van der Waals surface area contributed by atoms with E-state index >= 15 is 0 Å². The lowest BCUT2D eigenvalue weighted by molar-refractivity contribution is -0.116. The summed E-state index contributed by atoms with van der Waals surface area (Å²) < 4.78 is 18.7. The van der Waals surface area contributed by atoms with Crippen LogP contribution in [-0.4, -0.2) is 21.0 Å². The Kier molecular flexibility index (Phi) is 4.37. The summed E-state index contributed by atoms with van der Waals surface area (Å²) in [5.41, 5.74) is 0.264. The molecule has 0 aliphatic rings. The van der Waals surface area contributed by atoms with Crippen LogP contribution in [0.15, 0.2) is 53.2 Å². The third kappa shape index (κ3) is 3.76. The average Bonchev–Trinajstić information content (AvgIpc) is 3.03. The molecule has 1 aromatic carbocycles. The van der Waals surface area contributed by atoms with Crippen LogP contribution in [0.2, 0.25) is 0 Å². The first kappa shape index (κ1) is 14.8. The van der Waals surface area contributed by atoms with Gasteiger partial charge in [-0.05, 0) is 24.3 Å². The number of pyridine rings is 1. The van der Waals surface area contributed by atoms with Gasteiger partial charge in [0.25, 0.3) is 0 Å². The standard InChI is InChI=1S/C16H13FN4O2/c17-12-6-2-1-5-11(12)16-20-15(23-21-16)9-8-14(22)19-13-7-3-4-10-18-13/h1-7,10H,8-9H2,(H,18,19,22). The number of carbonyl (C=O) groups is 1. The summed E-state index contributed by atoms with van der Waals surface area (Å²) in [5, 5.41) is 6.40. The van der Waals surface area contributed by atoms with Crippen LogP contribution in [0.25, 0.3) is 11.4 Å². The number of nitrogens with zero attached hydrogens (tertiary/aromatic N) is 3. The van der Waals surface area contributed by atoms with Gasteiger partial charge in [-0.25, -0.2) is 9.37 Å². The number of halogens is 1. The van der Waals surface area contributed by atoms with Crippen molar-refractivity contribution in [2.45, 2.75) is 12.8 Å². The molecule has 0 unspecified atom stereocenters. The van der Waals surface area contributed by atoms with Gasteiger partial charge in [0.2, 0.25) is 17.6 Å². The van der Waals surface area contributed by atoms with E-state index in [2.05, 4.69) is 20.4 Å². The van der Waals surface area contributed by atoms with Crippen LogP contribution >= 0.6 is 0 Å². The van der Waals surface area contributed by atoms with Gasteiger partial charge in [0.15, 0.2) is 0 Å². The van der Waals surface area contributed by atoms with E-state index < -0.39 is 5.82 Å². The zero-order chi connectivity index (χ0) is 16.1. The third-order valence-electron chi connectivity index (χ3n) is 3.08. The smallest absolute Gasteiger partial charge is 0.227 e. The summed E-state index contributed by atoms with van der Waals surface area (Å²) in [6.07, 6.45) is 2.02. The number of amides is 1. The largest absolute Gasteiger partial charge is 0.339 e. The van der Waals surface area contributed by atoms with Crippen molar-refractivity contribution in [2.24, 2.45) is 0 Å². The molecule has 1 amide bonds. The molecule has 2 aromatic heterocycles. The molecule has 0 spiro atoms. The van der Waals surface area contributed by atoms with Crippen molar-refractivity contribution < 1.29 is 13.7 Å². The number of nitrogens with one attached hydrogen (secondary N) is 1. The lowest BCUT2D eigenvalue weighted by Crippen LogP contribution is -2.13. The average molecular weight is 312 g/mol. The lowest BCUT2D eigenvalue weighted by Gasteiger charge is -2.01. The molecule has 3 rings (SSSR count). The Morgan fingerprint density at radius 3 is 2.78 bits per heavy atom. The molecule has 0 aliphatic carbocycles. The van der Waals surface area contributed by atoms with Crippen molar-refractivity contribution in [3.63, 3.8) is 0 Å². The van der Waals surface area contributed by atoms with E-state index in [1.165, 1.54) is 6.07 Å². The molecular formula is C16H13FN4O2. The molecular weight excluding hydrogens is 299 g/mol. The molecule has 0 saturated carbocycles. The Morgan fingerprint density at radius 2 is 2.00 bits per heavy atom. The molecule has 0 aliphatic heterocycles. The molecule has 0 radical (unpaired) electrons. The van der Waals surface area contributed by atoms with E-state index in [0.717, 1.165) is 0 Å². The highest BCUT2D eigenvalue weighted by Crippen LogP contribution is 2.19. The zero-order valence-electron chi connectivity index (χ0n) is 12.1. The van der Waals surface area contributed by atoms with Crippen LogP contribution in [0.3, 0.4) is 0 Å². The van der Waals surface area contributed by atoms with Crippen molar-refractivity contribution in [3.05, 3.63) is 60.4 Å². The highest BCUT2D eigenvalue weighted by atomic mass is 19.1. The van der Waals surface area contributed by atoms with Crippen molar-refractivity contribution in [2.75, 3.05) is 5.32 Å². The van der Waals surface area contributed by atoms with Gasteiger partial charge in [0, 0.05) is 19.0 Å². The van der Waals surface area contributed by atoms with E-state index in [1.807, 2.05) is 0 Å². The topological polar surface area (TPSA) is 80.9 Å². The van der Waals surface area contributed by atoms with E-state index in [4.69, 9.17) is 4.52 Å². The Bertz CT molecular complexity index is 805. The monoisotopic (exact) mass is 312 g/mol. The quantitative estimate of drug-likeness (QED) is 0.783. The van der Waals surface area contributed by atoms with Gasteiger partial charge in [-0.2, -0.15) is 4.98 Å². The normalized spacial score (nSPS) is 10.5. The second kappa shape index (κ2) is 6.78. The van der Waals surface area contributed by atoms with Crippen LogP contribution in [-0.2, 0) is 11.2 Å². The number of rotatable bonds is 5. The molecule has 1 N–H and O–H groups in total. The van der Waals surface area contributed by atoms with Crippen LogP contribution in [0.5, 0.6) is 0 Å². The Morgan fingerprint density at radius 1 is 1.17 bits per heavy atom. The predicted molar refractivity (Wildman–Crippen MR) is 80.9 cm³/mol. The molecule has 0 saturated heterocycles. The van der Waals surface area contributed by atoms with Crippen LogP contribution < -0.4 is 5.32 Å². The minimum absolute atomic E-state index is 0.162. The van der Waals surface area contributed by atoms with Gasteiger partial charge < -0.3 is 9.84 Å². The predicted octanol–water partition coefficient (Wildman–Crippen LogP) is 2.84. The molecule has 3 aromatic rings. The molecule has 0 fully saturated rings. The Balaban J connectivity index is 1.59. The zero-order valence-corrected chi connectivity index (χ0v) is 12.1. The number of hydrogen-bond donors (Lipinski definition) is 1. The Hall–Kier alpha value is -3.09. The molecule has 23 heavy (non-hydrogen) atoms. The molecule has 6 nitrogen and oxygen atoms in total. The molecule has 2 heterocycles. The fourth-order valence-corrected chi connectivity index (χ4v) is 1.97. The first-order valence-electron chi connectivity index (χ1n) is 7.01. The van der Waals surface area contributed by atoms with Crippen LogP contribution in [0.1, 0.15) is 12.3 Å². The van der Waals surface area contributed by atoms with E-state index in [9.17, 15) is 9.18 Å². The fraction of sp³-hybridized carbons (Fsp3) is 0.125. The van der Waals surface area contributed by atoms with Crippen molar-refractivity contribution in [1.29, 1.82) is 0 Å². The highest BCUT2D eigenvalue weighted by Gasteiger charge is 2.13. The van der Waals surface area contributed by atoms with Gasteiger partial charge in [-0.15, -0.1) is 0 Å². The molecule has 0 atom stereocenters. The minimum Gasteiger partial charge on any atom is -0.339 e. The number of hydrogen-bond acceptors (Lipinski definition) is 5. The SMILES string of the molecule is O=C(CCc1nc(-c2ccccc2F)no1)Nc1ccccn1. The second-order valence-corrected chi connectivity index (χ2v) is 4.75. The molecule has 7 heteroatoms. The maximum Gasteiger partial charge on any atom is 0.227 e. The maximum atomic E-state index is 13.6. The third-order valence-corrected chi connectivity index (χ3v) is 3.08. The molecule has 0 bridgehead atoms. The van der Waals surface area contributed by atoms with Gasteiger partial charge >= 0.3 is 0 Å². The van der Waals surface area contributed by atoms with Gasteiger partial charge in [0.1, 0.15) is 11.6 Å². The number of anilines is 1. The van der Waals surface area contributed by atoms with E-state index in [-0.39, 0.29) is 36.0 Å². The summed E-state index contributed by atoms with van der Waals surface area (Å²) in [5.74, 6) is 0.291. The number of aromatic nitrogens is 3. The number of carbonyl (C=O) groups excluding carboxylic acids is 1. The summed E-state index contributed by atoms with van der Waals surface area (Å²) in [7, 11) is 0. The van der Waals surface area contributed by atoms with Crippen LogP contribution in [0, 0.1) is 5.82 Å². The number of benzene rings is 1. The maximum absolute atomic E-state index is 13.6. The second-order valence-electron chi connectivity index (χ2n) is 4.75. The van der Waals surface area contributed by atoms with Crippen molar-refractivity contribution >= 4 is 11.7 Å². The summed E-state index contributed by atoms with van der Waals surface area (Å²) in [4.78, 5) is 19.9. The van der Waals surface area contributed by atoms with Gasteiger partial charge in [0.05, 0.1) is 5.56 Å². The van der Waals surface area contributed by atoms with Crippen molar-refractivity contribution in [3.8, 4) is 11.4 Å². The van der Waals surface area contributed by atoms with E-state index in [0.29, 0.717) is 5.82 Å². The van der Waals surface area contributed by atoms with Crippen molar-refractivity contribution in [1.82, 2.24) is 15.1 Å². The van der Waals surface area contributed by atoms with Gasteiger partial charge in [-0.1, -0.05) is 23.4 Å². The summed E-state index contributed by atoms with van der Waals surface area (Å²) in [6, 6.07) is 11.4. The first-order valence-corrected chi connectivity index (χ1v) is 7.01. The number of aryl methyl sites for hydroxylation is 1. The highest BCUT2D eigenvalue weighted by molar-refractivity contribution is 5.89. The van der Waals surface area contributed by atoms with Gasteiger partial charge in [-0.3, -0.25) is 4.79 Å². The van der Waals surface area contributed by atoms with E-state index in [1.54, 1.807) is 42.6 Å². The summed E-state index contributed by atoms with van der Waals surface area (Å²) >= 11 is 0. The molecule has 116 valence electrons. The Labute approximate surface area is 131 Å². The lowest BCUT2D eigenvalue weighted by atomic mass is 10.2. The fourth-order valence-electron chi connectivity index (χ4n) is 1.97.